The molecular formula is C18H15F4N3O2. The second-order valence-electron chi connectivity index (χ2n) is 5.09. The van der Waals surface area contributed by atoms with Gasteiger partial charge in [0, 0.05) is 11.3 Å². The van der Waals surface area contributed by atoms with E-state index in [2.05, 4.69) is 10.6 Å². The van der Waals surface area contributed by atoms with Crippen LogP contribution in [0.1, 0.15) is 21.5 Å². The highest BCUT2D eigenvalue weighted by Gasteiger charge is 2.33. The quantitative estimate of drug-likeness (QED) is 0.473. The SMILES string of the molecule is CNCC(=O)c1ccc(F)cc1.N#Cc1ccc(NC=O)cc1C(F)(F)F. The fourth-order valence-corrected chi connectivity index (χ4v) is 1.93. The van der Waals surface area contributed by atoms with Crippen molar-refractivity contribution >= 4 is 17.9 Å². The number of rotatable bonds is 5. The van der Waals surface area contributed by atoms with E-state index in [0.717, 1.165) is 6.07 Å². The fourth-order valence-electron chi connectivity index (χ4n) is 1.93. The number of benzene rings is 2. The summed E-state index contributed by atoms with van der Waals surface area (Å²) in [7, 11) is 1.70. The summed E-state index contributed by atoms with van der Waals surface area (Å²) in [5.74, 6) is -0.353. The smallest absolute Gasteiger partial charge is 0.329 e. The zero-order valence-electron chi connectivity index (χ0n) is 14.1. The number of nitriles is 1. The summed E-state index contributed by atoms with van der Waals surface area (Å²) in [5, 5.41) is 13.3. The van der Waals surface area contributed by atoms with Crippen LogP contribution in [0.3, 0.4) is 0 Å². The summed E-state index contributed by atoms with van der Waals surface area (Å²) in [4.78, 5) is 21.2. The zero-order chi connectivity index (χ0) is 20.4. The molecule has 0 bridgehead atoms. The molecule has 0 unspecified atom stereocenters. The van der Waals surface area contributed by atoms with Crippen molar-refractivity contribution in [2.24, 2.45) is 0 Å². The Bertz CT molecular complexity index is 828. The van der Waals surface area contributed by atoms with Gasteiger partial charge in [-0.3, -0.25) is 9.59 Å². The molecule has 0 aromatic heterocycles. The van der Waals surface area contributed by atoms with E-state index in [-0.39, 0.29) is 30.2 Å². The Morgan fingerprint density at radius 3 is 2.30 bits per heavy atom. The molecule has 0 spiro atoms. The van der Waals surface area contributed by atoms with Gasteiger partial charge in [-0.1, -0.05) is 0 Å². The first-order valence-corrected chi connectivity index (χ1v) is 7.47. The topological polar surface area (TPSA) is 82.0 Å². The van der Waals surface area contributed by atoms with E-state index in [1.165, 1.54) is 36.4 Å². The lowest BCUT2D eigenvalue weighted by molar-refractivity contribution is -0.137. The van der Waals surface area contributed by atoms with Crippen molar-refractivity contribution in [1.29, 1.82) is 5.26 Å². The van der Waals surface area contributed by atoms with Crippen LogP contribution in [-0.4, -0.2) is 25.8 Å². The van der Waals surface area contributed by atoms with Gasteiger partial charge < -0.3 is 10.6 Å². The van der Waals surface area contributed by atoms with Crippen LogP contribution in [0, 0.1) is 17.1 Å². The number of halogens is 4. The predicted molar refractivity (Wildman–Crippen MR) is 90.5 cm³/mol. The Morgan fingerprint density at radius 1 is 1.19 bits per heavy atom. The minimum atomic E-state index is -4.61. The zero-order valence-corrected chi connectivity index (χ0v) is 14.1. The van der Waals surface area contributed by atoms with Crippen LogP contribution in [0.2, 0.25) is 0 Å². The number of anilines is 1. The first-order valence-electron chi connectivity index (χ1n) is 7.47. The van der Waals surface area contributed by atoms with Gasteiger partial charge >= 0.3 is 6.18 Å². The molecular weight excluding hydrogens is 366 g/mol. The van der Waals surface area contributed by atoms with Gasteiger partial charge in [-0.15, -0.1) is 0 Å². The molecule has 9 heteroatoms. The van der Waals surface area contributed by atoms with E-state index in [1.54, 1.807) is 7.05 Å². The number of hydrogen-bond donors (Lipinski definition) is 2. The van der Waals surface area contributed by atoms with Crippen LogP contribution < -0.4 is 10.6 Å². The number of likely N-dealkylation sites (N-methyl/N-ethyl adjacent to an activating group) is 1. The van der Waals surface area contributed by atoms with Gasteiger partial charge in [0.2, 0.25) is 6.41 Å². The number of nitrogens with zero attached hydrogens (tertiary/aromatic N) is 1. The van der Waals surface area contributed by atoms with Crippen molar-refractivity contribution in [3.05, 3.63) is 65.0 Å². The molecule has 2 aromatic carbocycles. The lowest BCUT2D eigenvalue weighted by Crippen LogP contribution is -2.18. The number of Topliss-reactive ketones (excluding diaryl/α,β-unsaturated/α-hetero) is 1. The first kappa shape index (κ1) is 21.8. The van der Waals surface area contributed by atoms with Crippen LogP contribution >= 0.6 is 0 Å². The number of nitrogens with one attached hydrogen (secondary N) is 2. The average molecular weight is 381 g/mol. The van der Waals surface area contributed by atoms with E-state index in [0.29, 0.717) is 11.6 Å². The van der Waals surface area contributed by atoms with Crippen LogP contribution in [-0.2, 0) is 11.0 Å². The van der Waals surface area contributed by atoms with Crippen LogP contribution in [0.5, 0.6) is 0 Å². The first-order chi connectivity index (χ1) is 12.7. The van der Waals surface area contributed by atoms with E-state index < -0.39 is 17.3 Å². The second-order valence-corrected chi connectivity index (χ2v) is 5.09. The maximum Gasteiger partial charge on any atom is 0.417 e. The number of ketones is 1. The van der Waals surface area contributed by atoms with Gasteiger partial charge in [0.25, 0.3) is 0 Å². The third-order valence-electron chi connectivity index (χ3n) is 3.17. The largest absolute Gasteiger partial charge is 0.417 e. The van der Waals surface area contributed by atoms with Crippen molar-refractivity contribution in [3.8, 4) is 6.07 Å². The highest BCUT2D eigenvalue weighted by Crippen LogP contribution is 2.33. The van der Waals surface area contributed by atoms with Gasteiger partial charge in [-0.05, 0) is 49.5 Å². The molecule has 0 aliphatic rings. The number of carbonyl (C=O) groups excluding carboxylic acids is 2. The molecule has 0 saturated carbocycles. The Kier molecular flexibility index (Phi) is 8.10. The number of hydrogen-bond acceptors (Lipinski definition) is 4. The highest BCUT2D eigenvalue weighted by atomic mass is 19.4. The van der Waals surface area contributed by atoms with E-state index in [4.69, 9.17) is 5.26 Å². The molecule has 0 heterocycles. The van der Waals surface area contributed by atoms with Crippen LogP contribution in [0.25, 0.3) is 0 Å². The van der Waals surface area contributed by atoms with Crippen molar-refractivity contribution in [2.75, 3.05) is 18.9 Å². The molecule has 0 fully saturated rings. The summed E-state index contributed by atoms with van der Waals surface area (Å²) in [6, 6.07) is 9.91. The van der Waals surface area contributed by atoms with E-state index >= 15 is 0 Å². The standard InChI is InChI=1S/C9H5F3N2O.C9H10FNO/c10-9(11,12)8-3-7(14-5-15)2-1-6(8)4-13;1-11-6-9(12)7-2-4-8(10)5-3-7/h1-3,5H,(H,14,15);2-5,11H,6H2,1H3. The Morgan fingerprint density at radius 2 is 1.81 bits per heavy atom. The Hall–Kier alpha value is -3.25. The third-order valence-corrected chi connectivity index (χ3v) is 3.17. The molecule has 5 nitrogen and oxygen atoms in total. The van der Waals surface area contributed by atoms with Gasteiger partial charge in [0.15, 0.2) is 5.78 Å². The molecule has 142 valence electrons. The molecule has 2 aromatic rings. The van der Waals surface area contributed by atoms with Crippen LogP contribution in [0.15, 0.2) is 42.5 Å². The third kappa shape index (κ3) is 6.87. The lowest BCUT2D eigenvalue weighted by Gasteiger charge is -2.09. The van der Waals surface area contributed by atoms with Gasteiger partial charge in [0.1, 0.15) is 5.82 Å². The minimum Gasteiger partial charge on any atom is -0.329 e. The average Bonchev–Trinajstić information content (AvgIpc) is 2.62. The van der Waals surface area contributed by atoms with E-state index in [1.807, 2.05) is 0 Å². The normalized spacial score (nSPS) is 10.2. The molecule has 2 rings (SSSR count). The predicted octanol–water partition coefficient (Wildman–Crippen LogP) is 3.37. The summed E-state index contributed by atoms with van der Waals surface area (Å²) < 4.78 is 49.6. The molecule has 0 saturated heterocycles. The molecule has 1 amide bonds. The summed E-state index contributed by atoms with van der Waals surface area (Å²) in [6.07, 6.45) is -4.34. The number of amides is 1. The summed E-state index contributed by atoms with van der Waals surface area (Å²) in [6.45, 7) is 0.283. The summed E-state index contributed by atoms with van der Waals surface area (Å²) >= 11 is 0. The molecule has 0 aliphatic heterocycles. The molecule has 2 N–H and O–H groups in total. The Balaban J connectivity index is 0.000000277. The van der Waals surface area contributed by atoms with Gasteiger partial charge in [0.05, 0.1) is 23.7 Å². The Labute approximate surface area is 152 Å². The highest BCUT2D eigenvalue weighted by molar-refractivity contribution is 5.97. The van der Waals surface area contributed by atoms with Gasteiger partial charge in [-0.2, -0.15) is 18.4 Å². The maximum absolute atomic E-state index is 12.4. The van der Waals surface area contributed by atoms with Gasteiger partial charge in [-0.25, -0.2) is 4.39 Å². The van der Waals surface area contributed by atoms with Crippen molar-refractivity contribution in [1.82, 2.24) is 5.32 Å². The van der Waals surface area contributed by atoms with E-state index in [9.17, 15) is 27.2 Å². The molecule has 0 atom stereocenters. The second kappa shape index (κ2) is 10.0. The molecule has 0 radical (unpaired) electrons. The van der Waals surface area contributed by atoms with Crippen molar-refractivity contribution < 1.29 is 27.2 Å². The number of carbonyl (C=O) groups is 2. The molecule has 0 aliphatic carbocycles. The van der Waals surface area contributed by atoms with Crippen LogP contribution in [0.4, 0.5) is 23.2 Å². The monoisotopic (exact) mass is 381 g/mol. The minimum absolute atomic E-state index is 0.00340. The maximum atomic E-state index is 12.4. The lowest BCUT2D eigenvalue weighted by atomic mass is 10.1. The number of alkyl halides is 3. The summed E-state index contributed by atoms with van der Waals surface area (Å²) in [5.41, 5.74) is -1.00. The van der Waals surface area contributed by atoms with Crippen molar-refractivity contribution in [2.45, 2.75) is 6.18 Å². The van der Waals surface area contributed by atoms with Crippen molar-refractivity contribution in [3.63, 3.8) is 0 Å². The molecule has 27 heavy (non-hydrogen) atoms. The fraction of sp³-hybridized carbons (Fsp3) is 0.167.